The van der Waals surface area contributed by atoms with Gasteiger partial charge in [0.05, 0.1) is 33.3 Å². The summed E-state index contributed by atoms with van der Waals surface area (Å²) >= 11 is 0. The SMILES string of the molecule is CCCS(=O)(=NC(C)=O)c1ccc2nn(-c3cncc(F)c3)cc2c1. The van der Waals surface area contributed by atoms with E-state index >= 15 is 0 Å². The Bertz CT molecular complexity index is 1070. The van der Waals surface area contributed by atoms with Crippen molar-refractivity contribution < 1.29 is 13.4 Å². The molecule has 0 spiro atoms. The number of hydrogen-bond donors (Lipinski definition) is 0. The second-order valence-electron chi connectivity index (χ2n) is 5.61. The molecule has 1 aromatic carbocycles. The number of carbonyl (C=O) groups excluding carboxylic acids is 1. The number of amides is 1. The highest BCUT2D eigenvalue weighted by Gasteiger charge is 2.15. The van der Waals surface area contributed by atoms with Crippen molar-refractivity contribution >= 4 is 26.5 Å². The van der Waals surface area contributed by atoms with Crippen LogP contribution in [0.3, 0.4) is 0 Å². The molecule has 2 aromatic heterocycles. The fourth-order valence-corrected chi connectivity index (χ4v) is 4.55. The minimum Gasteiger partial charge on any atom is -0.272 e. The van der Waals surface area contributed by atoms with Crippen LogP contribution in [0.1, 0.15) is 20.3 Å². The van der Waals surface area contributed by atoms with Gasteiger partial charge < -0.3 is 0 Å². The van der Waals surface area contributed by atoms with Gasteiger partial charge in [0.1, 0.15) is 5.82 Å². The maximum absolute atomic E-state index is 13.3. The molecule has 8 heteroatoms. The molecule has 25 heavy (non-hydrogen) atoms. The lowest BCUT2D eigenvalue weighted by Gasteiger charge is -2.08. The first-order valence-corrected chi connectivity index (χ1v) is 9.45. The van der Waals surface area contributed by atoms with Crippen molar-refractivity contribution in [1.29, 1.82) is 0 Å². The number of aromatic nitrogens is 3. The average Bonchev–Trinajstić information content (AvgIpc) is 2.97. The maximum Gasteiger partial charge on any atom is 0.250 e. The van der Waals surface area contributed by atoms with Gasteiger partial charge in [-0.2, -0.15) is 9.46 Å². The molecule has 6 nitrogen and oxygen atoms in total. The lowest BCUT2D eigenvalue weighted by molar-refractivity contribution is -0.115. The van der Waals surface area contributed by atoms with E-state index in [9.17, 15) is 13.4 Å². The molecule has 0 saturated carbocycles. The molecule has 130 valence electrons. The van der Waals surface area contributed by atoms with Gasteiger partial charge in [0.2, 0.25) is 0 Å². The Balaban J connectivity index is 2.12. The number of nitrogens with zero attached hydrogens (tertiary/aromatic N) is 4. The van der Waals surface area contributed by atoms with Gasteiger partial charge in [-0.25, -0.2) is 13.3 Å². The maximum atomic E-state index is 13.3. The van der Waals surface area contributed by atoms with Crippen LogP contribution in [0.2, 0.25) is 0 Å². The first-order chi connectivity index (χ1) is 11.9. The van der Waals surface area contributed by atoms with E-state index in [4.69, 9.17) is 0 Å². The highest BCUT2D eigenvalue weighted by atomic mass is 32.2. The van der Waals surface area contributed by atoms with Crippen LogP contribution in [0, 0.1) is 5.82 Å². The normalized spacial score (nSPS) is 13.6. The lowest BCUT2D eigenvalue weighted by atomic mass is 10.3. The van der Waals surface area contributed by atoms with Gasteiger partial charge in [0, 0.05) is 35.2 Å². The monoisotopic (exact) mass is 360 g/mol. The molecule has 1 amide bonds. The van der Waals surface area contributed by atoms with Gasteiger partial charge in [-0.1, -0.05) is 6.92 Å². The second kappa shape index (κ2) is 6.72. The van der Waals surface area contributed by atoms with E-state index in [1.807, 2.05) is 6.92 Å². The Hall–Kier alpha value is -2.61. The molecular weight excluding hydrogens is 343 g/mol. The summed E-state index contributed by atoms with van der Waals surface area (Å²) in [5, 5.41) is 5.10. The summed E-state index contributed by atoms with van der Waals surface area (Å²) in [5.41, 5.74) is 1.15. The Morgan fingerprint density at radius 3 is 2.80 bits per heavy atom. The van der Waals surface area contributed by atoms with E-state index in [2.05, 4.69) is 14.4 Å². The van der Waals surface area contributed by atoms with Crippen molar-refractivity contribution in [3.05, 3.63) is 48.7 Å². The summed E-state index contributed by atoms with van der Waals surface area (Å²) in [6, 6.07) is 6.44. The van der Waals surface area contributed by atoms with Crippen molar-refractivity contribution in [3.63, 3.8) is 0 Å². The van der Waals surface area contributed by atoms with E-state index in [1.165, 1.54) is 23.9 Å². The summed E-state index contributed by atoms with van der Waals surface area (Å²) in [7, 11) is -2.80. The van der Waals surface area contributed by atoms with Gasteiger partial charge >= 0.3 is 0 Å². The van der Waals surface area contributed by atoms with Gasteiger partial charge in [-0.3, -0.25) is 9.78 Å². The van der Waals surface area contributed by atoms with Crippen LogP contribution in [0.15, 0.2) is 52.1 Å². The molecule has 2 heterocycles. The minimum absolute atomic E-state index is 0.306. The summed E-state index contributed by atoms with van der Waals surface area (Å²) in [5.74, 6) is -0.607. The number of pyridine rings is 1. The molecular formula is C17H17FN4O2S. The van der Waals surface area contributed by atoms with Crippen molar-refractivity contribution in [2.45, 2.75) is 25.2 Å². The smallest absolute Gasteiger partial charge is 0.250 e. The molecule has 0 fully saturated rings. The molecule has 0 bridgehead atoms. The molecule has 0 aliphatic carbocycles. The van der Waals surface area contributed by atoms with Crippen LogP contribution < -0.4 is 0 Å². The third-order valence-electron chi connectivity index (χ3n) is 3.56. The molecule has 0 aliphatic rings. The molecule has 1 unspecified atom stereocenters. The number of rotatable bonds is 4. The van der Waals surface area contributed by atoms with Crippen LogP contribution in [0.25, 0.3) is 16.6 Å². The predicted octanol–water partition coefficient (Wildman–Crippen LogP) is 3.34. The molecule has 1 atom stereocenters. The van der Waals surface area contributed by atoms with Crippen LogP contribution in [0.5, 0.6) is 0 Å². The minimum atomic E-state index is -2.80. The Morgan fingerprint density at radius 1 is 1.32 bits per heavy atom. The van der Waals surface area contributed by atoms with Crippen molar-refractivity contribution in [2.24, 2.45) is 4.36 Å². The summed E-state index contributed by atoms with van der Waals surface area (Å²) in [4.78, 5) is 15.7. The van der Waals surface area contributed by atoms with Crippen LogP contribution in [0.4, 0.5) is 4.39 Å². The predicted molar refractivity (Wildman–Crippen MR) is 93.5 cm³/mol. The van der Waals surface area contributed by atoms with E-state index in [0.29, 0.717) is 28.3 Å². The number of benzene rings is 1. The van der Waals surface area contributed by atoms with Crippen molar-refractivity contribution in [1.82, 2.24) is 14.8 Å². The van der Waals surface area contributed by atoms with Gasteiger partial charge in [0.25, 0.3) is 5.91 Å². The zero-order chi connectivity index (χ0) is 18.0. The van der Waals surface area contributed by atoms with Gasteiger partial charge in [-0.05, 0) is 24.6 Å². The lowest BCUT2D eigenvalue weighted by Crippen LogP contribution is -2.08. The first kappa shape index (κ1) is 17.2. The van der Waals surface area contributed by atoms with Crippen LogP contribution in [-0.4, -0.2) is 30.6 Å². The number of hydrogen-bond acceptors (Lipinski definition) is 4. The Morgan fingerprint density at radius 2 is 2.12 bits per heavy atom. The van der Waals surface area contributed by atoms with E-state index in [0.717, 1.165) is 11.6 Å². The number of fused-ring (bicyclic) bond motifs is 1. The van der Waals surface area contributed by atoms with Crippen LogP contribution in [-0.2, 0) is 14.5 Å². The van der Waals surface area contributed by atoms with E-state index < -0.39 is 21.5 Å². The summed E-state index contributed by atoms with van der Waals surface area (Å²) in [6.45, 7) is 3.19. The third-order valence-corrected chi connectivity index (χ3v) is 6.06. The molecule has 0 saturated heterocycles. The van der Waals surface area contributed by atoms with E-state index in [-0.39, 0.29) is 0 Å². The standard InChI is InChI=1S/C17H17FN4O2S/c1-3-6-25(24,21-12(2)23)16-4-5-17-13(7-16)11-22(20-17)15-8-14(18)9-19-10-15/h4-5,7-11H,3,6H2,1-2H3. The molecule has 0 aliphatic heterocycles. The molecule has 0 radical (unpaired) electrons. The van der Waals surface area contributed by atoms with Crippen LogP contribution >= 0.6 is 0 Å². The highest BCUT2D eigenvalue weighted by Crippen LogP contribution is 2.23. The third kappa shape index (κ3) is 3.58. The number of carbonyl (C=O) groups is 1. The fourth-order valence-electron chi connectivity index (χ4n) is 2.56. The van der Waals surface area contributed by atoms with Gasteiger partial charge in [-0.15, -0.1) is 0 Å². The van der Waals surface area contributed by atoms with Crippen molar-refractivity contribution in [2.75, 3.05) is 5.75 Å². The van der Waals surface area contributed by atoms with E-state index in [1.54, 1.807) is 24.4 Å². The number of halogens is 1. The fraction of sp³-hybridized carbons (Fsp3) is 0.235. The molecule has 3 rings (SSSR count). The molecule has 0 N–H and O–H groups in total. The zero-order valence-corrected chi connectivity index (χ0v) is 14.7. The average molecular weight is 360 g/mol. The quantitative estimate of drug-likeness (QED) is 0.715. The van der Waals surface area contributed by atoms with Crippen molar-refractivity contribution in [3.8, 4) is 5.69 Å². The topological polar surface area (TPSA) is 77.2 Å². The molecule has 3 aromatic rings. The Kier molecular flexibility index (Phi) is 4.63. The van der Waals surface area contributed by atoms with Gasteiger partial charge in [0.15, 0.2) is 0 Å². The second-order valence-corrected chi connectivity index (χ2v) is 7.95. The summed E-state index contributed by atoms with van der Waals surface area (Å²) < 4.78 is 31.8. The largest absolute Gasteiger partial charge is 0.272 e. The highest BCUT2D eigenvalue weighted by molar-refractivity contribution is 7.94. The Labute approximate surface area is 144 Å². The first-order valence-electron chi connectivity index (χ1n) is 7.77. The summed E-state index contributed by atoms with van der Waals surface area (Å²) in [6.07, 6.45) is 4.96. The zero-order valence-electron chi connectivity index (χ0n) is 13.8.